The van der Waals surface area contributed by atoms with Crippen molar-refractivity contribution >= 4 is 163 Å². The fourth-order valence-electron chi connectivity index (χ4n) is 19.3. The van der Waals surface area contributed by atoms with Gasteiger partial charge in [-0.3, -0.25) is 0 Å². The first-order chi connectivity index (χ1) is 59.5. The molecule has 0 aliphatic carbocycles. The summed E-state index contributed by atoms with van der Waals surface area (Å²) in [6.07, 6.45) is 6.53. The molecule has 0 aliphatic rings. The first-order valence-electron chi connectivity index (χ1n) is 41.2. The lowest BCUT2D eigenvalue weighted by atomic mass is 9.97. The van der Waals surface area contributed by atoms with Gasteiger partial charge < -0.3 is 27.4 Å². The van der Waals surface area contributed by atoms with Crippen molar-refractivity contribution in [2.24, 2.45) is 0 Å². The van der Waals surface area contributed by atoms with Crippen LogP contribution in [0.5, 0.6) is 0 Å². The number of hydrogen-bond acceptors (Lipinski definition) is 0. The van der Waals surface area contributed by atoms with Crippen molar-refractivity contribution in [2.75, 3.05) is 0 Å². The summed E-state index contributed by atoms with van der Waals surface area (Å²) in [4.78, 5) is 0. The van der Waals surface area contributed by atoms with Gasteiger partial charge in [-0.05, 0) is 233 Å². The van der Waals surface area contributed by atoms with E-state index < -0.39 is 0 Å². The van der Waals surface area contributed by atoms with Gasteiger partial charge in [0, 0.05) is 101 Å². The molecule has 560 valence electrons. The second-order valence-electron chi connectivity index (χ2n) is 31.6. The highest BCUT2D eigenvalue weighted by atomic mass is 15.0. The predicted octanol–water partition coefficient (Wildman–Crippen LogP) is 30.4. The van der Waals surface area contributed by atoms with Gasteiger partial charge in [0.1, 0.15) is 0 Å². The fourth-order valence-corrected chi connectivity index (χ4v) is 19.3. The van der Waals surface area contributed by atoms with Crippen molar-refractivity contribution in [3.05, 3.63) is 449 Å². The summed E-state index contributed by atoms with van der Waals surface area (Å²) in [5.74, 6) is 0. The quantitative estimate of drug-likeness (QED) is 0.136. The van der Waals surface area contributed by atoms with Crippen molar-refractivity contribution < 1.29 is 0 Å². The minimum absolute atomic E-state index is 1.17. The Morgan fingerprint density at radius 2 is 0.450 bits per heavy atom. The Hall–Kier alpha value is -16.0. The summed E-state index contributed by atoms with van der Waals surface area (Å²) in [7, 11) is 0. The van der Waals surface area contributed by atoms with Gasteiger partial charge in [-0.2, -0.15) is 0 Å². The van der Waals surface area contributed by atoms with E-state index in [9.17, 15) is 0 Å². The predicted molar refractivity (Wildman–Crippen MR) is 509 cm³/mol. The monoisotopic (exact) mass is 1530 g/mol. The molecule has 0 bridgehead atoms. The molecule has 0 spiro atoms. The van der Waals surface area contributed by atoms with E-state index in [1.807, 2.05) is 0 Å². The van der Waals surface area contributed by atoms with Gasteiger partial charge >= 0.3 is 0 Å². The van der Waals surface area contributed by atoms with E-state index in [-0.39, 0.29) is 0 Å². The van der Waals surface area contributed by atoms with E-state index in [0.717, 1.165) is 0 Å². The molecule has 0 saturated carbocycles. The van der Waals surface area contributed by atoms with Gasteiger partial charge in [0.2, 0.25) is 0 Å². The summed E-state index contributed by atoms with van der Waals surface area (Å²) < 4.78 is 14.1. The molecular weight excluding hydrogens is 1450 g/mol. The van der Waals surface area contributed by atoms with Crippen LogP contribution in [0, 0.1) is 0 Å². The van der Waals surface area contributed by atoms with E-state index in [2.05, 4.69) is 477 Å². The normalized spacial score (nSPS) is 11.8. The third kappa shape index (κ3) is 11.3. The molecule has 0 amide bonds. The lowest BCUT2D eigenvalue weighted by Crippen LogP contribution is -1.96. The Balaban J connectivity index is 0.000000103. The van der Waals surface area contributed by atoms with Crippen LogP contribution in [0.25, 0.3) is 219 Å². The Morgan fingerprint density at radius 3 is 0.925 bits per heavy atom. The Morgan fingerprint density at radius 1 is 0.125 bits per heavy atom. The SMILES string of the molecule is c1ccc(-n2ccc3cc4c(cc32)c2ccccc2n4-c2cc3ccccc3c3ccccc23)cc1.c1ccc(-n2ccc3cc4c(cc32)c2ccccc2n4-c2ccc(-c3ccc4c(ccc5ccccc54)c3)cc2)cc1.c1ccc(-n2ccc3cc4c(cc32)c2ccccc2n4-c2cccc(-c3ccc4c(ccc5ccccc54)c3)c2)cc1. The molecule has 0 unspecified atom stereocenters. The molecule has 26 rings (SSSR count). The Kier molecular flexibility index (Phi) is 15.9. The summed E-state index contributed by atoms with van der Waals surface area (Å²) in [6.45, 7) is 0. The molecule has 6 aromatic heterocycles. The van der Waals surface area contributed by atoms with E-state index in [4.69, 9.17) is 0 Å². The van der Waals surface area contributed by atoms with Crippen molar-refractivity contribution in [1.29, 1.82) is 0 Å². The summed E-state index contributed by atoms with van der Waals surface area (Å²) in [6, 6.07) is 156. The summed E-state index contributed by atoms with van der Waals surface area (Å²) >= 11 is 0. The van der Waals surface area contributed by atoms with Gasteiger partial charge in [-0.25, -0.2) is 0 Å². The average Bonchev–Trinajstić information content (AvgIpc) is 1.57. The largest absolute Gasteiger partial charge is 0.317 e. The van der Waals surface area contributed by atoms with Crippen LogP contribution in [-0.4, -0.2) is 27.4 Å². The second-order valence-corrected chi connectivity index (χ2v) is 31.6. The molecule has 0 atom stereocenters. The van der Waals surface area contributed by atoms with Crippen LogP contribution in [-0.2, 0) is 0 Å². The van der Waals surface area contributed by atoms with E-state index in [1.54, 1.807) is 0 Å². The van der Waals surface area contributed by atoms with Crippen LogP contribution >= 0.6 is 0 Å². The van der Waals surface area contributed by atoms with Crippen LogP contribution in [0.15, 0.2) is 449 Å². The number of hydrogen-bond donors (Lipinski definition) is 0. The molecule has 0 saturated heterocycles. The molecule has 6 nitrogen and oxygen atoms in total. The smallest absolute Gasteiger partial charge is 0.0548 e. The maximum absolute atomic E-state index is 2.46. The van der Waals surface area contributed by atoms with Crippen molar-refractivity contribution in [2.45, 2.75) is 0 Å². The Bertz CT molecular complexity index is 8590. The number of benzene rings is 20. The first-order valence-corrected chi connectivity index (χ1v) is 41.2. The maximum atomic E-state index is 2.46. The minimum Gasteiger partial charge on any atom is -0.317 e. The zero-order valence-corrected chi connectivity index (χ0v) is 65.4. The zero-order chi connectivity index (χ0) is 78.9. The number of para-hydroxylation sites is 6. The van der Waals surface area contributed by atoms with Crippen molar-refractivity contribution in [3.8, 4) is 56.4 Å². The molecule has 0 radical (unpaired) electrons. The molecule has 0 aliphatic heterocycles. The summed E-state index contributed by atoms with van der Waals surface area (Å²) in [5, 5.41) is 26.7. The highest BCUT2D eigenvalue weighted by Crippen LogP contribution is 2.44. The molecule has 0 N–H and O–H groups in total. The van der Waals surface area contributed by atoms with Crippen LogP contribution in [0.2, 0.25) is 0 Å². The van der Waals surface area contributed by atoms with Crippen molar-refractivity contribution in [3.63, 3.8) is 0 Å². The van der Waals surface area contributed by atoms with Crippen molar-refractivity contribution in [1.82, 2.24) is 27.4 Å². The van der Waals surface area contributed by atoms with Gasteiger partial charge in [-0.1, -0.05) is 279 Å². The highest BCUT2D eigenvalue weighted by Gasteiger charge is 2.22. The maximum Gasteiger partial charge on any atom is 0.0548 e. The topological polar surface area (TPSA) is 29.6 Å². The lowest BCUT2D eigenvalue weighted by molar-refractivity contribution is 1.13. The standard InChI is InChI=1S/2C40H26N2.C34H22N2/c1-2-11-32(12-3-1)41-22-21-31-25-40-37(26-39(31)41)36-15-6-7-16-38(36)42(40)33-13-8-10-28(24-33)29-19-20-35-30(23-29)18-17-27-9-4-5-14-34(27)35;1-2-9-32(10-3-1)41-23-22-31-25-40-37(26-39(31)41)36-12-6-7-13-38(36)42(40)33-19-16-27(17-20-33)29-18-21-35-30(24-29)15-14-28-8-4-5-11-34(28)35;1-2-11-25(12-3-1)35-19-18-24-21-34-30(22-32(24)35)29-16-8-9-17-31(29)36(34)33-20-23-10-4-5-13-26(23)27-14-6-7-15-28(27)33/h2*1-26H;1-22H. The molecular formula is C114H74N6. The summed E-state index contributed by atoms with van der Waals surface area (Å²) in [5.41, 5.74) is 23.0. The molecule has 0 fully saturated rings. The van der Waals surface area contributed by atoms with Gasteiger partial charge in [0.25, 0.3) is 0 Å². The van der Waals surface area contributed by atoms with Crippen LogP contribution in [0.1, 0.15) is 0 Å². The Labute approximate surface area is 691 Å². The molecule has 20 aromatic carbocycles. The third-order valence-corrected chi connectivity index (χ3v) is 24.9. The van der Waals surface area contributed by atoms with E-state index in [0.29, 0.717) is 0 Å². The van der Waals surface area contributed by atoms with Gasteiger partial charge in [0.15, 0.2) is 0 Å². The van der Waals surface area contributed by atoms with Crippen LogP contribution < -0.4 is 0 Å². The zero-order valence-electron chi connectivity index (χ0n) is 65.4. The van der Waals surface area contributed by atoms with E-state index in [1.165, 1.54) is 219 Å². The number of aromatic nitrogens is 6. The highest BCUT2D eigenvalue weighted by molar-refractivity contribution is 6.19. The molecule has 6 heterocycles. The number of rotatable bonds is 8. The number of nitrogens with zero attached hydrogens (tertiary/aromatic N) is 6. The third-order valence-electron chi connectivity index (χ3n) is 24.9. The number of fused-ring (bicyclic) bond motifs is 21. The minimum atomic E-state index is 1.17. The average molecular weight is 1530 g/mol. The molecule has 6 heteroatoms. The van der Waals surface area contributed by atoms with Gasteiger partial charge in [0.05, 0.1) is 55.3 Å². The molecule has 120 heavy (non-hydrogen) atoms. The van der Waals surface area contributed by atoms with E-state index >= 15 is 0 Å². The van der Waals surface area contributed by atoms with Gasteiger partial charge in [-0.15, -0.1) is 0 Å². The first kappa shape index (κ1) is 68.4. The van der Waals surface area contributed by atoms with Crippen LogP contribution in [0.3, 0.4) is 0 Å². The molecule has 26 aromatic rings. The lowest BCUT2D eigenvalue weighted by Gasteiger charge is -2.14. The fraction of sp³-hybridized carbons (Fsp3) is 0. The van der Waals surface area contributed by atoms with Crippen LogP contribution in [0.4, 0.5) is 0 Å². The second kappa shape index (κ2) is 27.9.